The van der Waals surface area contributed by atoms with Crippen LogP contribution >= 0.6 is 0 Å². The molecule has 8 nitrogen and oxygen atoms in total. The first kappa shape index (κ1) is 21.4. The SMILES string of the molecule is CCNC(=NCc1cc(OC)c(OCC)c(OC)c1)NCc1nc(C)c(C)o1. The summed E-state index contributed by atoms with van der Waals surface area (Å²) in [6.07, 6.45) is 0. The van der Waals surface area contributed by atoms with Crippen molar-refractivity contribution in [2.75, 3.05) is 27.4 Å². The summed E-state index contributed by atoms with van der Waals surface area (Å²) in [5, 5.41) is 6.45. The van der Waals surface area contributed by atoms with Crippen LogP contribution in [0.15, 0.2) is 21.5 Å². The third kappa shape index (κ3) is 5.55. The molecule has 1 aromatic heterocycles. The van der Waals surface area contributed by atoms with Gasteiger partial charge < -0.3 is 29.3 Å². The average molecular weight is 390 g/mol. The molecule has 2 aromatic rings. The highest BCUT2D eigenvalue weighted by Gasteiger charge is 2.14. The first-order valence-electron chi connectivity index (χ1n) is 9.35. The number of oxazole rings is 1. The quantitative estimate of drug-likeness (QED) is 0.502. The minimum absolute atomic E-state index is 0.443. The molecular weight excluding hydrogens is 360 g/mol. The van der Waals surface area contributed by atoms with Gasteiger partial charge in [-0.1, -0.05) is 0 Å². The highest BCUT2D eigenvalue weighted by Crippen LogP contribution is 2.38. The number of guanidine groups is 1. The molecule has 0 radical (unpaired) electrons. The molecule has 8 heteroatoms. The molecule has 0 bridgehead atoms. The van der Waals surface area contributed by atoms with Crippen molar-refractivity contribution in [2.24, 2.45) is 4.99 Å². The van der Waals surface area contributed by atoms with Gasteiger partial charge >= 0.3 is 0 Å². The number of benzene rings is 1. The third-order valence-electron chi connectivity index (χ3n) is 4.05. The van der Waals surface area contributed by atoms with Crippen LogP contribution in [0, 0.1) is 13.8 Å². The van der Waals surface area contributed by atoms with E-state index in [0.717, 1.165) is 23.6 Å². The summed E-state index contributed by atoms with van der Waals surface area (Å²) in [6, 6.07) is 3.81. The Balaban J connectivity index is 2.14. The maximum absolute atomic E-state index is 5.64. The molecule has 0 spiro atoms. The Morgan fingerprint density at radius 1 is 1.11 bits per heavy atom. The zero-order chi connectivity index (χ0) is 20.5. The van der Waals surface area contributed by atoms with Crippen molar-refractivity contribution in [3.63, 3.8) is 0 Å². The fourth-order valence-electron chi connectivity index (χ4n) is 2.60. The van der Waals surface area contributed by atoms with Gasteiger partial charge in [0, 0.05) is 6.54 Å². The number of methoxy groups -OCH3 is 2. The van der Waals surface area contributed by atoms with Gasteiger partial charge in [-0.2, -0.15) is 0 Å². The normalized spacial score (nSPS) is 11.3. The molecule has 154 valence electrons. The van der Waals surface area contributed by atoms with E-state index in [0.29, 0.717) is 48.8 Å². The number of aliphatic imine (C=N–C) groups is 1. The van der Waals surface area contributed by atoms with Crippen LogP contribution in [0.1, 0.15) is 36.8 Å². The van der Waals surface area contributed by atoms with Crippen LogP contribution < -0.4 is 24.8 Å². The van der Waals surface area contributed by atoms with E-state index < -0.39 is 0 Å². The molecule has 0 fully saturated rings. The van der Waals surface area contributed by atoms with Gasteiger partial charge in [0.2, 0.25) is 11.6 Å². The van der Waals surface area contributed by atoms with E-state index >= 15 is 0 Å². The number of rotatable bonds is 9. The van der Waals surface area contributed by atoms with E-state index in [4.69, 9.17) is 18.6 Å². The van der Waals surface area contributed by atoms with Crippen molar-refractivity contribution in [3.05, 3.63) is 35.0 Å². The van der Waals surface area contributed by atoms with Gasteiger partial charge in [0.05, 0.1) is 39.6 Å². The predicted octanol–water partition coefficient (Wildman–Crippen LogP) is 2.96. The lowest BCUT2D eigenvalue weighted by Crippen LogP contribution is -2.36. The van der Waals surface area contributed by atoms with E-state index in [1.165, 1.54) is 0 Å². The minimum Gasteiger partial charge on any atom is -0.493 e. The zero-order valence-corrected chi connectivity index (χ0v) is 17.5. The van der Waals surface area contributed by atoms with Gasteiger partial charge in [-0.3, -0.25) is 0 Å². The lowest BCUT2D eigenvalue weighted by molar-refractivity contribution is 0.288. The summed E-state index contributed by atoms with van der Waals surface area (Å²) >= 11 is 0. The van der Waals surface area contributed by atoms with Crippen LogP contribution in [0.2, 0.25) is 0 Å². The molecule has 0 aliphatic heterocycles. The summed E-state index contributed by atoms with van der Waals surface area (Å²) in [5.74, 6) is 3.96. The van der Waals surface area contributed by atoms with Gasteiger partial charge in [0.15, 0.2) is 17.5 Å². The topological polar surface area (TPSA) is 90.1 Å². The fraction of sp³-hybridized carbons (Fsp3) is 0.500. The zero-order valence-electron chi connectivity index (χ0n) is 17.5. The van der Waals surface area contributed by atoms with Crippen LogP contribution in [0.3, 0.4) is 0 Å². The maximum atomic E-state index is 5.64. The molecule has 1 heterocycles. The van der Waals surface area contributed by atoms with E-state index in [2.05, 4.69) is 20.6 Å². The van der Waals surface area contributed by atoms with Crippen LogP contribution in [-0.2, 0) is 13.1 Å². The Bertz CT molecular complexity index is 757. The second-order valence-corrected chi connectivity index (χ2v) is 6.06. The lowest BCUT2D eigenvalue weighted by Gasteiger charge is -2.15. The van der Waals surface area contributed by atoms with Crippen molar-refractivity contribution in [1.29, 1.82) is 0 Å². The average Bonchev–Trinajstić information content (AvgIpc) is 3.02. The summed E-state index contributed by atoms with van der Waals surface area (Å²) in [6.45, 7) is 9.92. The molecule has 2 rings (SSSR count). The largest absolute Gasteiger partial charge is 0.493 e. The Morgan fingerprint density at radius 2 is 1.79 bits per heavy atom. The standard InChI is InChI=1S/C20H30N4O4/c1-7-21-20(23-12-18-24-13(3)14(4)28-18)22-11-15-9-16(25-5)19(27-8-2)17(10-15)26-6/h9-10H,7-8,11-12H2,1-6H3,(H2,21,22,23). The molecule has 0 amide bonds. The number of hydrogen-bond acceptors (Lipinski definition) is 6. The summed E-state index contributed by atoms with van der Waals surface area (Å²) in [5.41, 5.74) is 1.84. The molecule has 0 atom stereocenters. The number of aryl methyl sites for hydroxylation is 2. The van der Waals surface area contributed by atoms with Gasteiger partial charge in [0.25, 0.3) is 0 Å². The Labute approximate surface area is 166 Å². The number of nitrogens with one attached hydrogen (secondary N) is 2. The van der Waals surface area contributed by atoms with Crippen LogP contribution in [0.4, 0.5) is 0 Å². The van der Waals surface area contributed by atoms with Gasteiger partial charge in [-0.25, -0.2) is 9.98 Å². The number of aromatic nitrogens is 1. The molecule has 0 aliphatic carbocycles. The molecule has 28 heavy (non-hydrogen) atoms. The second-order valence-electron chi connectivity index (χ2n) is 6.06. The van der Waals surface area contributed by atoms with E-state index in [-0.39, 0.29) is 0 Å². The van der Waals surface area contributed by atoms with E-state index in [9.17, 15) is 0 Å². The first-order valence-corrected chi connectivity index (χ1v) is 9.35. The highest BCUT2D eigenvalue weighted by atomic mass is 16.5. The summed E-state index contributed by atoms with van der Waals surface area (Å²) in [7, 11) is 3.21. The molecule has 2 N–H and O–H groups in total. The summed E-state index contributed by atoms with van der Waals surface area (Å²) < 4.78 is 22.1. The maximum Gasteiger partial charge on any atom is 0.214 e. The first-order chi connectivity index (χ1) is 13.5. The second kappa shape index (κ2) is 10.4. The molecule has 1 aromatic carbocycles. The van der Waals surface area contributed by atoms with Crippen molar-refractivity contribution >= 4 is 5.96 Å². The highest BCUT2D eigenvalue weighted by molar-refractivity contribution is 5.79. The Kier molecular flexibility index (Phi) is 7.98. The number of hydrogen-bond donors (Lipinski definition) is 2. The van der Waals surface area contributed by atoms with E-state index in [1.807, 2.05) is 39.8 Å². The van der Waals surface area contributed by atoms with Crippen LogP contribution in [0.5, 0.6) is 17.2 Å². The Morgan fingerprint density at radius 3 is 2.29 bits per heavy atom. The van der Waals surface area contributed by atoms with Crippen LogP contribution in [0.25, 0.3) is 0 Å². The fourth-order valence-corrected chi connectivity index (χ4v) is 2.60. The van der Waals surface area contributed by atoms with Crippen LogP contribution in [-0.4, -0.2) is 38.3 Å². The molecule has 0 unspecified atom stereocenters. The molecule has 0 aliphatic rings. The van der Waals surface area contributed by atoms with Crippen molar-refractivity contribution in [3.8, 4) is 17.2 Å². The minimum atomic E-state index is 0.443. The van der Waals surface area contributed by atoms with Crippen molar-refractivity contribution < 1.29 is 18.6 Å². The van der Waals surface area contributed by atoms with Crippen molar-refractivity contribution in [1.82, 2.24) is 15.6 Å². The number of ether oxygens (including phenoxy) is 3. The van der Waals surface area contributed by atoms with Gasteiger partial charge in [-0.15, -0.1) is 0 Å². The Hall–Kier alpha value is -2.90. The third-order valence-corrected chi connectivity index (χ3v) is 4.05. The molecule has 0 saturated carbocycles. The van der Waals surface area contributed by atoms with Gasteiger partial charge in [-0.05, 0) is 45.4 Å². The van der Waals surface area contributed by atoms with E-state index in [1.54, 1.807) is 14.2 Å². The van der Waals surface area contributed by atoms with Gasteiger partial charge in [0.1, 0.15) is 5.76 Å². The number of nitrogens with zero attached hydrogens (tertiary/aromatic N) is 2. The smallest absolute Gasteiger partial charge is 0.214 e. The predicted molar refractivity (Wildman–Crippen MR) is 108 cm³/mol. The van der Waals surface area contributed by atoms with Crippen molar-refractivity contribution in [2.45, 2.75) is 40.8 Å². The lowest BCUT2D eigenvalue weighted by atomic mass is 10.2. The summed E-state index contributed by atoms with van der Waals surface area (Å²) in [4.78, 5) is 9.00. The molecular formula is C20H30N4O4. The monoisotopic (exact) mass is 390 g/mol. The molecule has 0 saturated heterocycles.